The Hall–Kier alpha value is -2.50. The molecule has 2 bridgehead atoms. The molecule has 3 aliphatic rings. The van der Waals surface area contributed by atoms with Gasteiger partial charge in [0.15, 0.2) is 0 Å². The summed E-state index contributed by atoms with van der Waals surface area (Å²) in [6, 6.07) is 6.29. The molecule has 6 heterocycles. The highest BCUT2D eigenvalue weighted by Crippen LogP contribution is 2.39. The highest BCUT2D eigenvalue weighted by molar-refractivity contribution is 7.17. The van der Waals surface area contributed by atoms with E-state index in [-0.39, 0.29) is 0 Å². The molecule has 4 nitrogen and oxygen atoms in total. The maximum absolute atomic E-state index is 6.12. The molecule has 6 rings (SSSR count). The molecule has 3 aromatic heterocycles. The summed E-state index contributed by atoms with van der Waals surface area (Å²) in [6.07, 6.45) is 17.4. The van der Waals surface area contributed by atoms with Gasteiger partial charge in [-0.25, -0.2) is 0 Å². The number of aliphatic imine (C=N–C) groups is 1. The van der Waals surface area contributed by atoms with Crippen molar-refractivity contribution < 1.29 is 4.42 Å². The first kappa shape index (κ1) is 22.0. The first-order valence-corrected chi connectivity index (χ1v) is 13.5. The maximum Gasteiger partial charge on any atom is 0.136 e. The van der Waals surface area contributed by atoms with Gasteiger partial charge in [0.25, 0.3) is 0 Å². The molecule has 0 aliphatic carbocycles. The average Bonchev–Trinajstić information content (AvgIpc) is 3.50. The third-order valence-corrected chi connectivity index (χ3v) is 9.36. The Kier molecular flexibility index (Phi) is 5.78. The summed E-state index contributed by atoms with van der Waals surface area (Å²) in [7, 11) is 2.33. The number of allylic oxidation sites excluding steroid dienone is 1. The van der Waals surface area contributed by atoms with Crippen molar-refractivity contribution in [1.29, 1.82) is 0 Å². The molecule has 0 radical (unpaired) electrons. The van der Waals surface area contributed by atoms with E-state index in [9.17, 15) is 0 Å². The number of rotatable bonds is 5. The van der Waals surface area contributed by atoms with Crippen molar-refractivity contribution in [3.63, 3.8) is 0 Å². The van der Waals surface area contributed by atoms with Crippen LogP contribution in [0.15, 0.2) is 51.0 Å². The van der Waals surface area contributed by atoms with Crippen molar-refractivity contribution in [3.05, 3.63) is 52.2 Å². The van der Waals surface area contributed by atoms with Crippen LogP contribution >= 0.6 is 11.3 Å². The number of fused-ring (bicyclic) bond motifs is 3. The molecule has 3 unspecified atom stereocenters. The van der Waals surface area contributed by atoms with Gasteiger partial charge in [-0.3, -0.25) is 9.98 Å². The second kappa shape index (κ2) is 8.94. The van der Waals surface area contributed by atoms with E-state index in [4.69, 9.17) is 9.41 Å². The van der Waals surface area contributed by atoms with Crippen LogP contribution in [-0.4, -0.2) is 41.3 Å². The van der Waals surface area contributed by atoms with Crippen molar-refractivity contribution in [2.24, 2.45) is 10.9 Å². The summed E-state index contributed by atoms with van der Waals surface area (Å²) in [5.74, 6) is 1.76. The Morgan fingerprint density at radius 1 is 1.24 bits per heavy atom. The number of thiophene rings is 1. The van der Waals surface area contributed by atoms with Crippen molar-refractivity contribution in [3.8, 4) is 11.3 Å². The van der Waals surface area contributed by atoms with E-state index in [2.05, 4.69) is 60.2 Å². The molecule has 34 heavy (non-hydrogen) atoms. The molecule has 3 atom stereocenters. The van der Waals surface area contributed by atoms with Gasteiger partial charge in [-0.15, -0.1) is 11.3 Å². The van der Waals surface area contributed by atoms with E-state index in [0.29, 0.717) is 11.5 Å². The summed E-state index contributed by atoms with van der Waals surface area (Å²) in [5, 5.41) is 4.39. The molecule has 0 N–H and O–H groups in total. The van der Waals surface area contributed by atoms with Crippen LogP contribution in [0.3, 0.4) is 0 Å². The van der Waals surface area contributed by atoms with Crippen molar-refractivity contribution in [2.75, 3.05) is 7.05 Å². The molecule has 2 saturated heterocycles. The van der Waals surface area contributed by atoms with Crippen molar-refractivity contribution in [2.45, 2.75) is 70.0 Å². The zero-order chi connectivity index (χ0) is 23.2. The van der Waals surface area contributed by atoms with Gasteiger partial charge in [-0.2, -0.15) is 0 Å². The molecule has 2 fully saturated rings. The number of furan rings is 1. The fourth-order valence-electron chi connectivity index (χ4n) is 6.30. The molecule has 5 heteroatoms. The Labute approximate surface area is 205 Å². The SMILES string of the molecule is C=c1oc(-c2csc3cnccc23)cc1=C(C)C1=CCC(CCC2CC3CCC(C2)N3C)N=C1. The lowest BCUT2D eigenvalue weighted by molar-refractivity contribution is 0.127. The van der Waals surface area contributed by atoms with Crippen LogP contribution in [0, 0.1) is 5.92 Å². The molecule has 3 aromatic rings. The fraction of sp³-hybridized carbons (Fsp3) is 0.448. The van der Waals surface area contributed by atoms with E-state index in [0.717, 1.165) is 41.0 Å². The van der Waals surface area contributed by atoms with E-state index < -0.39 is 0 Å². The number of nitrogens with zero attached hydrogens (tertiary/aromatic N) is 3. The highest BCUT2D eigenvalue weighted by Gasteiger charge is 2.38. The van der Waals surface area contributed by atoms with Crippen LogP contribution in [-0.2, 0) is 0 Å². The quantitative estimate of drug-likeness (QED) is 0.489. The standard InChI is InChI=1S/C29H33N3OS/c1-18(26-14-28(33-19(26)2)27-17-34-29-16-30-11-10-25(27)29)21-5-7-22(31-15-21)6-4-20-12-23-8-9-24(13-20)32(23)3/h5,10-11,14-17,20,22-24H,2,4,6-9,12-13H2,1,3H3. The number of aromatic nitrogens is 1. The Balaban J connectivity index is 1.15. The van der Waals surface area contributed by atoms with E-state index in [1.807, 2.05) is 12.4 Å². The van der Waals surface area contributed by atoms with E-state index in [1.165, 1.54) is 59.8 Å². The average molecular weight is 472 g/mol. The van der Waals surface area contributed by atoms with Crippen LogP contribution in [0.25, 0.3) is 33.6 Å². The molecule has 3 aliphatic heterocycles. The molecular weight excluding hydrogens is 438 g/mol. The Bertz CT molecular complexity index is 1370. The van der Waals surface area contributed by atoms with Crippen LogP contribution in [0.4, 0.5) is 0 Å². The smallest absolute Gasteiger partial charge is 0.136 e. The molecule has 0 aromatic carbocycles. The summed E-state index contributed by atoms with van der Waals surface area (Å²) in [5.41, 5.74) is 4.22. The predicted molar refractivity (Wildman–Crippen MR) is 143 cm³/mol. The van der Waals surface area contributed by atoms with Crippen molar-refractivity contribution in [1.82, 2.24) is 9.88 Å². The van der Waals surface area contributed by atoms with Gasteiger partial charge in [0.2, 0.25) is 0 Å². The normalized spacial score (nSPS) is 27.9. The second-order valence-electron chi connectivity index (χ2n) is 10.4. The van der Waals surface area contributed by atoms with Gasteiger partial charge < -0.3 is 9.32 Å². The summed E-state index contributed by atoms with van der Waals surface area (Å²) in [6.45, 7) is 6.35. The van der Waals surface area contributed by atoms with Gasteiger partial charge in [-0.05, 0) is 88.1 Å². The maximum atomic E-state index is 6.12. The van der Waals surface area contributed by atoms with Crippen LogP contribution < -0.4 is 10.6 Å². The monoisotopic (exact) mass is 471 g/mol. The van der Waals surface area contributed by atoms with Gasteiger partial charge >= 0.3 is 0 Å². The largest absolute Gasteiger partial charge is 0.457 e. The minimum atomic E-state index is 0.429. The Morgan fingerprint density at radius 2 is 2.06 bits per heavy atom. The van der Waals surface area contributed by atoms with Crippen molar-refractivity contribution >= 4 is 39.8 Å². The predicted octanol–water partition coefficient (Wildman–Crippen LogP) is 5.56. The number of hydrogen-bond acceptors (Lipinski definition) is 5. The molecule has 0 spiro atoms. The van der Waals surface area contributed by atoms with Gasteiger partial charge in [-0.1, -0.05) is 12.7 Å². The molecule has 0 saturated carbocycles. The minimum Gasteiger partial charge on any atom is -0.457 e. The van der Waals surface area contributed by atoms with Gasteiger partial charge in [0, 0.05) is 52.2 Å². The minimum absolute atomic E-state index is 0.429. The van der Waals surface area contributed by atoms with Crippen LogP contribution in [0.5, 0.6) is 0 Å². The second-order valence-corrected chi connectivity index (χ2v) is 11.3. The van der Waals surface area contributed by atoms with Gasteiger partial charge in [0.1, 0.15) is 11.2 Å². The summed E-state index contributed by atoms with van der Waals surface area (Å²) >= 11 is 1.69. The fourth-order valence-corrected chi connectivity index (χ4v) is 7.21. The van der Waals surface area contributed by atoms with Crippen LogP contribution in [0.1, 0.15) is 51.9 Å². The lowest BCUT2D eigenvalue weighted by Gasteiger charge is -2.36. The molecule has 0 amide bonds. The van der Waals surface area contributed by atoms with E-state index >= 15 is 0 Å². The molecular formula is C29H33N3OS. The topological polar surface area (TPSA) is 41.6 Å². The number of piperidine rings is 1. The Morgan fingerprint density at radius 3 is 2.82 bits per heavy atom. The number of pyridine rings is 1. The highest BCUT2D eigenvalue weighted by atomic mass is 32.1. The third kappa shape index (κ3) is 3.99. The van der Waals surface area contributed by atoms with E-state index in [1.54, 1.807) is 11.3 Å². The summed E-state index contributed by atoms with van der Waals surface area (Å²) in [4.78, 5) is 11.8. The lowest BCUT2D eigenvalue weighted by atomic mass is 9.85. The third-order valence-electron chi connectivity index (χ3n) is 8.43. The first-order chi connectivity index (χ1) is 16.6. The first-order valence-electron chi connectivity index (χ1n) is 12.6. The zero-order valence-corrected chi connectivity index (χ0v) is 21.0. The zero-order valence-electron chi connectivity index (χ0n) is 20.2. The number of dihydropyridines is 1. The van der Waals surface area contributed by atoms with Crippen LogP contribution in [0.2, 0.25) is 0 Å². The van der Waals surface area contributed by atoms with Gasteiger partial charge in [0.05, 0.1) is 10.7 Å². The molecule has 176 valence electrons. The number of hydrogen-bond donors (Lipinski definition) is 0. The summed E-state index contributed by atoms with van der Waals surface area (Å²) < 4.78 is 7.28. The lowest BCUT2D eigenvalue weighted by Crippen LogP contribution is -2.40.